The molecule has 2 aromatic heterocycles. The molecule has 1 aromatic carbocycles. The monoisotopic (exact) mass is 414 g/mol. The molecule has 1 saturated heterocycles. The van der Waals surface area contributed by atoms with Crippen LogP contribution in [0.5, 0.6) is 0 Å². The summed E-state index contributed by atoms with van der Waals surface area (Å²) in [6.45, 7) is 2.95. The number of H-pyrrole nitrogens is 1. The summed E-state index contributed by atoms with van der Waals surface area (Å²) in [7, 11) is 0. The lowest BCUT2D eigenvalue weighted by Gasteiger charge is -2.32. The van der Waals surface area contributed by atoms with E-state index in [1.54, 1.807) is 0 Å². The number of aromatic amines is 1. The maximum atomic E-state index is 13.0. The van der Waals surface area contributed by atoms with Crippen molar-refractivity contribution in [1.82, 2.24) is 20.2 Å². The van der Waals surface area contributed by atoms with Gasteiger partial charge in [0.25, 0.3) is 0 Å². The molecule has 30 heavy (non-hydrogen) atoms. The maximum Gasteiger partial charge on any atom is 0.401 e. The van der Waals surface area contributed by atoms with E-state index in [4.69, 9.17) is 0 Å². The van der Waals surface area contributed by atoms with Gasteiger partial charge in [0.2, 0.25) is 0 Å². The second kappa shape index (κ2) is 7.39. The van der Waals surface area contributed by atoms with Crippen molar-refractivity contribution in [2.24, 2.45) is 0 Å². The van der Waals surface area contributed by atoms with E-state index in [9.17, 15) is 13.2 Å². The summed E-state index contributed by atoms with van der Waals surface area (Å²) >= 11 is 0. The van der Waals surface area contributed by atoms with Gasteiger partial charge in [-0.05, 0) is 72.7 Å². The first-order valence-corrected chi connectivity index (χ1v) is 10.5. The minimum atomic E-state index is -4.17. The molecular formula is C23H25F3N4. The second-order valence-corrected chi connectivity index (χ2v) is 8.52. The third-order valence-electron chi connectivity index (χ3n) is 6.37. The van der Waals surface area contributed by atoms with Crippen molar-refractivity contribution >= 4 is 11.0 Å². The zero-order valence-corrected chi connectivity index (χ0v) is 16.9. The van der Waals surface area contributed by atoms with E-state index in [0.717, 1.165) is 58.2 Å². The van der Waals surface area contributed by atoms with E-state index in [-0.39, 0.29) is 6.04 Å². The molecule has 4 nitrogen and oxygen atoms in total. The molecule has 0 amide bonds. The van der Waals surface area contributed by atoms with E-state index in [1.807, 2.05) is 12.4 Å². The Balaban J connectivity index is 1.57. The molecule has 0 saturated carbocycles. The zero-order chi connectivity index (χ0) is 20.9. The van der Waals surface area contributed by atoms with Gasteiger partial charge >= 0.3 is 6.18 Å². The van der Waals surface area contributed by atoms with Crippen LogP contribution in [0.15, 0.2) is 30.6 Å². The zero-order valence-electron chi connectivity index (χ0n) is 16.9. The second-order valence-electron chi connectivity index (χ2n) is 8.52. The fourth-order valence-corrected chi connectivity index (χ4v) is 4.86. The van der Waals surface area contributed by atoms with Crippen molar-refractivity contribution in [3.05, 3.63) is 52.8 Å². The normalized spacial score (nSPS) is 20.1. The lowest BCUT2D eigenvalue weighted by molar-refractivity contribution is -0.147. The van der Waals surface area contributed by atoms with Crippen LogP contribution in [0.2, 0.25) is 0 Å². The lowest BCUT2D eigenvalue weighted by Crippen LogP contribution is -2.38. The smallest absolute Gasteiger partial charge is 0.346 e. The first-order chi connectivity index (χ1) is 14.4. The van der Waals surface area contributed by atoms with Crippen LogP contribution in [0, 0.1) is 6.92 Å². The Morgan fingerprint density at radius 3 is 2.83 bits per heavy atom. The summed E-state index contributed by atoms with van der Waals surface area (Å²) in [5.74, 6) is 0. The third-order valence-corrected chi connectivity index (χ3v) is 6.37. The van der Waals surface area contributed by atoms with Crippen molar-refractivity contribution in [1.29, 1.82) is 0 Å². The highest BCUT2D eigenvalue weighted by Crippen LogP contribution is 2.36. The van der Waals surface area contributed by atoms with Crippen LogP contribution < -0.4 is 5.32 Å². The number of hydrogen-bond donors (Lipinski definition) is 2. The summed E-state index contributed by atoms with van der Waals surface area (Å²) in [5, 5.41) is 4.64. The van der Waals surface area contributed by atoms with Crippen LogP contribution in [-0.2, 0) is 13.0 Å². The molecular weight excluding hydrogens is 389 g/mol. The molecule has 2 aliphatic heterocycles. The predicted octanol–water partition coefficient (Wildman–Crippen LogP) is 4.88. The molecule has 0 radical (unpaired) electrons. The van der Waals surface area contributed by atoms with Crippen molar-refractivity contribution in [3.63, 3.8) is 0 Å². The standard InChI is InChI=1S/C23H25F3N4/c1-14-10-28-22-18(14)9-17(11-29-22)16-7-15-4-6-30(13-23(24,25)26)12-20(15)19(8-16)21-3-2-5-27-21/h7-11,21,27H,2-6,12-13H2,1H3,(H,28,29). The van der Waals surface area contributed by atoms with Crippen molar-refractivity contribution < 1.29 is 13.2 Å². The summed E-state index contributed by atoms with van der Waals surface area (Å²) in [5.41, 5.74) is 7.55. The Kier molecular flexibility index (Phi) is 4.82. The van der Waals surface area contributed by atoms with Gasteiger partial charge in [0.15, 0.2) is 0 Å². The molecule has 0 bridgehead atoms. The fraction of sp³-hybridized carbons (Fsp3) is 0.435. The van der Waals surface area contributed by atoms with Gasteiger partial charge in [0.05, 0.1) is 6.54 Å². The van der Waals surface area contributed by atoms with Crippen LogP contribution in [0.3, 0.4) is 0 Å². The minimum Gasteiger partial charge on any atom is -0.346 e. The first-order valence-electron chi connectivity index (χ1n) is 10.5. The maximum absolute atomic E-state index is 13.0. The highest BCUT2D eigenvalue weighted by Gasteiger charge is 2.33. The molecule has 158 valence electrons. The Morgan fingerprint density at radius 1 is 1.20 bits per heavy atom. The number of fused-ring (bicyclic) bond motifs is 2. The minimum absolute atomic E-state index is 0.204. The largest absolute Gasteiger partial charge is 0.401 e. The third kappa shape index (κ3) is 3.72. The number of aryl methyl sites for hydroxylation is 1. The van der Waals surface area contributed by atoms with Crippen LogP contribution in [0.4, 0.5) is 13.2 Å². The molecule has 1 atom stereocenters. The average molecular weight is 414 g/mol. The molecule has 0 spiro atoms. The Hall–Kier alpha value is -2.38. The van der Waals surface area contributed by atoms with Gasteiger partial charge in [-0.25, -0.2) is 4.98 Å². The molecule has 2 aliphatic rings. The summed E-state index contributed by atoms with van der Waals surface area (Å²) in [6, 6.07) is 6.68. The van der Waals surface area contributed by atoms with Crippen molar-refractivity contribution in [2.75, 3.05) is 19.6 Å². The van der Waals surface area contributed by atoms with Gasteiger partial charge in [-0.2, -0.15) is 13.2 Å². The highest BCUT2D eigenvalue weighted by molar-refractivity contribution is 5.84. The lowest BCUT2D eigenvalue weighted by atomic mass is 9.87. The van der Waals surface area contributed by atoms with Gasteiger partial charge < -0.3 is 10.3 Å². The van der Waals surface area contributed by atoms with Crippen LogP contribution in [0.25, 0.3) is 22.2 Å². The van der Waals surface area contributed by atoms with E-state index in [2.05, 4.69) is 40.4 Å². The number of nitrogens with zero attached hydrogens (tertiary/aromatic N) is 2. The molecule has 2 N–H and O–H groups in total. The number of nitrogens with one attached hydrogen (secondary N) is 2. The summed E-state index contributed by atoms with van der Waals surface area (Å²) in [6.07, 6.45) is 2.41. The van der Waals surface area contributed by atoms with Gasteiger partial charge in [0.1, 0.15) is 5.65 Å². The van der Waals surface area contributed by atoms with Gasteiger partial charge in [0, 0.05) is 42.5 Å². The number of hydrogen-bond acceptors (Lipinski definition) is 3. The molecule has 4 heterocycles. The number of aromatic nitrogens is 2. The summed E-state index contributed by atoms with van der Waals surface area (Å²) < 4.78 is 38.9. The number of benzene rings is 1. The molecule has 1 fully saturated rings. The predicted molar refractivity (Wildman–Crippen MR) is 111 cm³/mol. The molecule has 5 rings (SSSR count). The van der Waals surface area contributed by atoms with Gasteiger partial charge in [-0.15, -0.1) is 0 Å². The Bertz CT molecular complexity index is 1080. The van der Waals surface area contributed by atoms with E-state index < -0.39 is 12.7 Å². The molecule has 1 unspecified atom stereocenters. The number of halogens is 3. The average Bonchev–Trinajstić information content (AvgIpc) is 3.36. The molecule has 3 aromatic rings. The van der Waals surface area contributed by atoms with Crippen LogP contribution in [-0.4, -0.2) is 40.7 Å². The van der Waals surface area contributed by atoms with E-state index >= 15 is 0 Å². The number of alkyl halides is 3. The van der Waals surface area contributed by atoms with Gasteiger partial charge in [-0.3, -0.25) is 4.90 Å². The van der Waals surface area contributed by atoms with Crippen LogP contribution in [0.1, 0.15) is 41.1 Å². The SMILES string of the molecule is Cc1c[nH]c2ncc(-c3cc4c(c(C5CCCN5)c3)CN(CC(F)(F)F)CC4)cc12. The first kappa shape index (κ1) is 19.6. The topological polar surface area (TPSA) is 44.0 Å². The van der Waals surface area contributed by atoms with E-state index in [0.29, 0.717) is 19.5 Å². The fourth-order valence-electron chi connectivity index (χ4n) is 4.86. The quantitative estimate of drug-likeness (QED) is 0.642. The molecule has 0 aliphatic carbocycles. The van der Waals surface area contributed by atoms with Crippen molar-refractivity contribution in [2.45, 2.75) is 44.9 Å². The Morgan fingerprint density at radius 2 is 2.07 bits per heavy atom. The Labute approximate surface area is 173 Å². The molecule has 7 heteroatoms. The van der Waals surface area contributed by atoms with E-state index in [1.165, 1.54) is 10.5 Å². The van der Waals surface area contributed by atoms with Crippen molar-refractivity contribution in [3.8, 4) is 11.1 Å². The van der Waals surface area contributed by atoms with Gasteiger partial charge in [-0.1, -0.05) is 6.07 Å². The van der Waals surface area contributed by atoms with Crippen LogP contribution >= 0.6 is 0 Å². The number of rotatable bonds is 3. The highest BCUT2D eigenvalue weighted by atomic mass is 19.4. The number of pyridine rings is 1. The summed E-state index contributed by atoms with van der Waals surface area (Å²) in [4.78, 5) is 9.27.